The number of ether oxygens (including phenoxy) is 1. The summed E-state index contributed by atoms with van der Waals surface area (Å²) in [7, 11) is 1.64. The number of benzene rings is 1. The number of nitrogens with two attached hydrogens (primary N) is 1. The molecule has 0 aliphatic heterocycles. The Hall–Kier alpha value is -2.34. The molecule has 2 rings (SSSR count). The van der Waals surface area contributed by atoms with Gasteiger partial charge in [0, 0.05) is 11.9 Å². The first-order valence-electron chi connectivity index (χ1n) is 5.44. The SMILES string of the molecule is COc1ccc(Nc2ccnc(NN)n2)c(C)c1. The highest BCUT2D eigenvalue weighted by atomic mass is 16.5. The van der Waals surface area contributed by atoms with Crippen molar-refractivity contribution in [3.8, 4) is 5.75 Å². The standard InChI is InChI=1S/C12H15N5O/c1-8-7-9(18-2)3-4-10(8)15-11-5-6-14-12(16-11)17-13/h3-7H,13H2,1-2H3,(H2,14,15,16,17). The molecule has 0 saturated carbocycles. The fourth-order valence-corrected chi connectivity index (χ4v) is 1.54. The third-order valence-electron chi connectivity index (χ3n) is 2.48. The Kier molecular flexibility index (Phi) is 3.59. The van der Waals surface area contributed by atoms with Crippen molar-refractivity contribution in [2.75, 3.05) is 17.9 Å². The highest BCUT2D eigenvalue weighted by Crippen LogP contribution is 2.23. The third kappa shape index (κ3) is 2.67. The quantitative estimate of drug-likeness (QED) is 0.563. The van der Waals surface area contributed by atoms with E-state index < -0.39 is 0 Å². The van der Waals surface area contributed by atoms with Crippen molar-refractivity contribution in [2.24, 2.45) is 5.84 Å². The van der Waals surface area contributed by atoms with E-state index in [1.807, 2.05) is 25.1 Å². The molecular formula is C12H15N5O. The van der Waals surface area contributed by atoms with Gasteiger partial charge in [-0.05, 0) is 36.8 Å². The first kappa shape index (κ1) is 12.1. The van der Waals surface area contributed by atoms with Gasteiger partial charge in [0.15, 0.2) is 0 Å². The number of hydrogen-bond acceptors (Lipinski definition) is 6. The van der Waals surface area contributed by atoms with E-state index in [4.69, 9.17) is 10.6 Å². The summed E-state index contributed by atoms with van der Waals surface area (Å²) < 4.78 is 5.16. The number of nitrogens with one attached hydrogen (secondary N) is 2. The van der Waals surface area contributed by atoms with Crippen molar-refractivity contribution in [3.63, 3.8) is 0 Å². The van der Waals surface area contributed by atoms with Crippen LogP contribution in [0.2, 0.25) is 0 Å². The molecule has 0 amide bonds. The maximum absolute atomic E-state index is 5.26. The van der Waals surface area contributed by atoms with E-state index >= 15 is 0 Å². The second-order valence-electron chi connectivity index (χ2n) is 3.72. The lowest BCUT2D eigenvalue weighted by atomic mass is 10.2. The van der Waals surface area contributed by atoms with Gasteiger partial charge in [-0.1, -0.05) is 0 Å². The Morgan fingerprint density at radius 1 is 1.28 bits per heavy atom. The van der Waals surface area contributed by atoms with Gasteiger partial charge < -0.3 is 10.1 Å². The van der Waals surface area contributed by atoms with Crippen LogP contribution in [-0.2, 0) is 0 Å². The predicted molar refractivity (Wildman–Crippen MR) is 70.9 cm³/mol. The molecule has 0 fully saturated rings. The van der Waals surface area contributed by atoms with Crippen molar-refractivity contribution in [1.82, 2.24) is 9.97 Å². The van der Waals surface area contributed by atoms with Gasteiger partial charge in [0.2, 0.25) is 5.95 Å². The predicted octanol–water partition coefficient (Wildman–Crippen LogP) is 1.82. The lowest BCUT2D eigenvalue weighted by Gasteiger charge is -2.10. The fourth-order valence-electron chi connectivity index (χ4n) is 1.54. The van der Waals surface area contributed by atoms with Crippen LogP contribution in [-0.4, -0.2) is 17.1 Å². The minimum absolute atomic E-state index is 0.367. The van der Waals surface area contributed by atoms with E-state index in [2.05, 4.69) is 20.7 Å². The summed E-state index contributed by atoms with van der Waals surface area (Å²) in [6, 6.07) is 7.54. The van der Waals surface area contributed by atoms with Crippen molar-refractivity contribution in [1.29, 1.82) is 0 Å². The van der Waals surface area contributed by atoms with Gasteiger partial charge in [0.25, 0.3) is 0 Å². The Bertz CT molecular complexity index is 544. The van der Waals surface area contributed by atoms with Crippen molar-refractivity contribution in [2.45, 2.75) is 6.92 Å². The van der Waals surface area contributed by atoms with Gasteiger partial charge >= 0.3 is 0 Å². The molecule has 1 aromatic heterocycles. The molecule has 0 spiro atoms. The largest absolute Gasteiger partial charge is 0.497 e. The molecule has 6 heteroatoms. The molecule has 0 aliphatic carbocycles. The lowest BCUT2D eigenvalue weighted by molar-refractivity contribution is 0.414. The first-order valence-corrected chi connectivity index (χ1v) is 5.44. The number of aryl methyl sites for hydroxylation is 1. The molecule has 0 unspecified atom stereocenters. The van der Waals surface area contributed by atoms with Crippen LogP contribution in [0.1, 0.15) is 5.56 Å². The van der Waals surface area contributed by atoms with E-state index in [9.17, 15) is 0 Å². The second-order valence-corrected chi connectivity index (χ2v) is 3.72. The third-order valence-corrected chi connectivity index (χ3v) is 2.48. The van der Waals surface area contributed by atoms with Gasteiger partial charge in [-0.25, -0.2) is 10.8 Å². The molecular weight excluding hydrogens is 230 g/mol. The summed E-state index contributed by atoms with van der Waals surface area (Å²) >= 11 is 0. The topological polar surface area (TPSA) is 85.1 Å². The monoisotopic (exact) mass is 245 g/mol. The number of methoxy groups -OCH3 is 1. The summed E-state index contributed by atoms with van der Waals surface area (Å²) in [6.45, 7) is 1.99. The molecule has 18 heavy (non-hydrogen) atoms. The summed E-state index contributed by atoms with van der Waals surface area (Å²) in [4.78, 5) is 8.12. The smallest absolute Gasteiger partial charge is 0.239 e. The van der Waals surface area contributed by atoms with E-state index in [0.717, 1.165) is 17.0 Å². The number of anilines is 3. The molecule has 94 valence electrons. The van der Waals surface area contributed by atoms with E-state index in [1.54, 1.807) is 19.4 Å². The van der Waals surface area contributed by atoms with Gasteiger partial charge in [-0.15, -0.1) is 0 Å². The average Bonchev–Trinajstić information content (AvgIpc) is 2.41. The summed E-state index contributed by atoms with van der Waals surface area (Å²) in [6.07, 6.45) is 1.63. The number of aromatic nitrogens is 2. The number of hydrogen-bond donors (Lipinski definition) is 3. The fraction of sp³-hybridized carbons (Fsp3) is 0.167. The number of rotatable bonds is 4. The van der Waals surface area contributed by atoms with E-state index in [1.165, 1.54) is 0 Å². The maximum atomic E-state index is 5.26. The maximum Gasteiger partial charge on any atom is 0.239 e. The molecule has 1 heterocycles. The minimum atomic E-state index is 0.367. The number of nitrogen functional groups attached to an aromatic ring is 1. The van der Waals surface area contributed by atoms with Crippen LogP contribution in [0.3, 0.4) is 0 Å². The molecule has 0 saturated heterocycles. The van der Waals surface area contributed by atoms with E-state index in [0.29, 0.717) is 11.8 Å². The number of nitrogens with zero attached hydrogens (tertiary/aromatic N) is 2. The molecule has 1 aromatic carbocycles. The molecule has 4 N–H and O–H groups in total. The normalized spacial score (nSPS) is 9.94. The summed E-state index contributed by atoms with van der Waals surface area (Å²) in [5.74, 6) is 7.12. The zero-order valence-electron chi connectivity index (χ0n) is 10.3. The Balaban J connectivity index is 2.22. The van der Waals surface area contributed by atoms with Crippen LogP contribution < -0.4 is 21.3 Å². The zero-order chi connectivity index (χ0) is 13.0. The van der Waals surface area contributed by atoms with Gasteiger partial charge in [-0.3, -0.25) is 5.43 Å². The highest BCUT2D eigenvalue weighted by Gasteiger charge is 2.02. The number of hydrazine groups is 1. The van der Waals surface area contributed by atoms with Crippen molar-refractivity contribution >= 4 is 17.5 Å². The van der Waals surface area contributed by atoms with Crippen LogP contribution >= 0.6 is 0 Å². The molecule has 6 nitrogen and oxygen atoms in total. The highest BCUT2D eigenvalue weighted by molar-refractivity contribution is 5.62. The van der Waals surface area contributed by atoms with E-state index in [-0.39, 0.29) is 0 Å². The van der Waals surface area contributed by atoms with Gasteiger partial charge in [0.05, 0.1) is 7.11 Å². The van der Waals surface area contributed by atoms with Crippen molar-refractivity contribution in [3.05, 3.63) is 36.0 Å². The summed E-state index contributed by atoms with van der Waals surface area (Å²) in [5, 5.41) is 3.20. The zero-order valence-corrected chi connectivity index (χ0v) is 10.3. The molecule has 0 atom stereocenters. The van der Waals surface area contributed by atoms with Crippen LogP contribution in [0.15, 0.2) is 30.5 Å². The Labute approximate surface area is 105 Å². The van der Waals surface area contributed by atoms with Crippen LogP contribution in [0.25, 0.3) is 0 Å². The molecule has 0 bridgehead atoms. The van der Waals surface area contributed by atoms with Gasteiger partial charge in [-0.2, -0.15) is 4.98 Å². The minimum Gasteiger partial charge on any atom is -0.497 e. The van der Waals surface area contributed by atoms with Crippen molar-refractivity contribution < 1.29 is 4.74 Å². The first-order chi connectivity index (χ1) is 8.72. The average molecular weight is 245 g/mol. The molecule has 0 aliphatic rings. The Morgan fingerprint density at radius 3 is 2.78 bits per heavy atom. The lowest BCUT2D eigenvalue weighted by Crippen LogP contribution is -2.10. The summed E-state index contributed by atoms with van der Waals surface area (Å²) in [5.41, 5.74) is 4.42. The Morgan fingerprint density at radius 2 is 2.11 bits per heavy atom. The molecule has 0 radical (unpaired) electrons. The van der Waals surface area contributed by atoms with Crippen LogP contribution in [0.5, 0.6) is 5.75 Å². The van der Waals surface area contributed by atoms with Crippen LogP contribution in [0, 0.1) is 6.92 Å². The molecule has 2 aromatic rings. The van der Waals surface area contributed by atoms with Crippen LogP contribution in [0.4, 0.5) is 17.5 Å². The van der Waals surface area contributed by atoms with Gasteiger partial charge in [0.1, 0.15) is 11.6 Å². The second kappa shape index (κ2) is 5.33.